The predicted molar refractivity (Wildman–Crippen MR) is 74.8 cm³/mol. The van der Waals surface area contributed by atoms with Crippen LogP contribution in [0.3, 0.4) is 0 Å². The van der Waals surface area contributed by atoms with Crippen molar-refractivity contribution in [2.45, 2.75) is 25.9 Å². The molecule has 0 spiro atoms. The molecule has 3 heterocycles. The van der Waals surface area contributed by atoms with Crippen LogP contribution in [-0.4, -0.2) is 27.0 Å². The lowest BCUT2D eigenvalue weighted by Gasteiger charge is -2.19. The summed E-state index contributed by atoms with van der Waals surface area (Å²) in [4.78, 5) is 30.4. The highest BCUT2D eigenvalue weighted by Crippen LogP contribution is 2.35. The molecule has 110 valence electrons. The maximum absolute atomic E-state index is 12.6. The smallest absolute Gasteiger partial charge is 0.325 e. The number of amides is 3. The van der Waals surface area contributed by atoms with E-state index in [0.29, 0.717) is 15.1 Å². The van der Waals surface area contributed by atoms with Gasteiger partial charge in [-0.15, -0.1) is 11.3 Å². The number of nitrogens with one attached hydrogen (secondary N) is 1. The summed E-state index contributed by atoms with van der Waals surface area (Å²) in [7, 11) is 0. The van der Waals surface area contributed by atoms with Crippen molar-refractivity contribution in [1.29, 1.82) is 0 Å². The van der Waals surface area contributed by atoms with Gasteiger partial charge in [0.2, 0.25) is 5.89 Å². The number of urea groups is 1. The van der Waals surface area contributed by atoms with Crippen molar-refractivity contribution in [2.24, 2.45) is 0 Å². The van der Waals surface area contributed by atoms with Crippen LogP contribution in [-0.2, 0) is 16.9 Å². The number of rotatable bonds is 3. The van der Waals surface area contributed by atoms with Gasteiger partial charge in [0, 0.05) is 11.8 Å². The molecular weight excluding hydrogens is 316 g/mol. The molecule has 1 atom stereocenters. The summed E-state index contributed by atoms with van der Waals surface area (Å²) >= 11 is 7.16. The van der Waals surface area contributed by atoms with Gasteiger partial charge in [-0.05, 0) is 19.1 Å². The summed E-state index contributed by atoms with van der Waals surface area (Å²) in [6.45, 7) is 3.26. The number of nitrogens with zero attached hydrogens (tertiary/aromatic N) is 3. The zero-order valence-corrected chi connectivity index (χ0v) is 12.8. The minimum absolute atomic E-state index is 0.0310. The number of aromatic nitrogens is 2. The number of aryl methyl sites for hydroxylation is 1. The highest BCUT2D eigenvalue weighted by atomic mass is 35.5. The quantitative estimate of drug-likeness (QED) is 0.872. The molecule has 3 rings (SSSR count). The van der Waals surface area contributed by atoms with Crippen LogP contribution in [0, 0.1) is 6.92 Å². The number of imide groups is 1. The highest BCUT2D eigenvalue weighted by Gasteiger charge is 2.50. The Morgan fingerprint density at radius 1 is 1.48 bits per heavy atom. The molecule has 9 heteroatoms. The molecule has 0 radical (unpaired) electrons. The van der Waals surface area contributed by atoms with Crippen molar-refractivity contribution in [3.05, 3.63) is 33.1 Å². The molecule has 0 bridgehead atoms. The first-order valence-electron chi connectivity index (χ1n) is 6.09. The zero-order valence-electron chi connectivity index (χ0n) is 11.2. The number of hydrogen-bond donors (Lipinski definition) is 1. The molecule has 1 aliphatic rings. The van der Waals surface area contributed by atoms with Gasteiger partial charge in [-0.1, -0.05) is 16.8 Å². The molecule has 21 heavy (non-hydrogen) atoms. The molecule has 1 N–H and O–H groups in total. The zero-order chi connectivity index (χ0) is 15.2. The van der Waals surface area contributed by atoms with E-state index in [2.05, 4.69) is 15.5 Å². The summed E-state index contributed by atoms with van der Waals surface area (Å²) in [6, 6.07) is 2.93. The molecule has 0 unspecified atom stereocenters. The number of halogens is 1. The van der Waals surface area contributed by atoms with Crippen LogP contribution in [0.1, 0.15) is 23.5 Å². The summed E-state index contributed by atoms with van der Waals surface area (Å²) in [5.41, 5.74) is -1.12. The fourth-order valence-electron chi connectivity index (χ4n) is 2.14. The number of carbonyl (C=O) groups excluding carboxylic acids is 2. The third-order valence-electron chi connectivity index (χ3n) is 3.21. The Morgan fingerprint density at radius 2 is 2.24 bits per heavy atom. The maximum atomic E-state index is 12.6. The minimum Gasteiger partial charge on any atom is -0.340 e. The van der Waals surface area contributed by atoms with E-state index in [0.717, 1.165) is 4.90 Å². The molecule has 2 aromatic rings. The Balaban J connectivity index is 1.88. The Bertz CT molecular complexity index is 728. The monoisotopic (exact) mass is 326 g/mol. The third-order valence-corrected chi connectivity index (χ3v) is 4.66. The molecule has 2 aromatic heterocycles. The molecule has 1 aliphatic heterocycles. The van der Waals surface area contributed by atoms with Gasteiger partial charge in [-0.25, -0.2) is 4.79 Å². The van der Waals surface area contributed by atoms with Gasteiger partial charge >= 0.3 is 6.03 Å². The van der Waals surface area contributed by atoms with Gasteiger partial charge in [-0.2, -0.15) is 4.98 Å². The Labute approximate surface area is 128 Å². The van der Waals surface area contributed by atoms with Gasteiger partial charge in [0.25, 0.3) is 5.91 Å². The van der Waals surface area contributed by atoms with Gasteiger partial charge < -0.3 is 9.84 Å². The first-order valence-corrected chi connectivity index (χ1v) is 7.29. The van der Waals surface area contributed by atoms with Crippen molar-refractivity contribution >= 4 is 34.9 Å². The predicted octanol–water partition coefficient (Wildman–Crippen LogP) is 2.06. The lowest BCUT2D eigenvalue weighted by Crippen LogP contribution is -2.40. The van der Waals surface area contributed by atoms with Crippen LogP contribution in [0.4, 0.5) is 4.79 Å². The van der Waals surface area contributed by atoms with E-state index in [9.17, 15) is 9.59 Å². The van der Waals surface area contributed by atoms with Crippen LogP contribution in [0.2, 0.25) is 4.34 Å². The van der Waals surface area contributed by atoms with E-state index >= 15 is 0 Å². The lowest BCUT2D eigenvalue weighted by atomic mass is 10.0. The summed E-state index contributed by atoms with van der Waals surface area (Å²) in [5, 5.41) is 6.38. The second-order valence-corrected chi connectivity index (χ2v) is 6.49. The number of carbonyl (C=O) groups is 2. The third kappa shape index (κ3) is 2.30. The summed E-state index contributed by atoms with van der Waals surface area (Å²) in [5.74, 6) is 0.294. The molecule has 1 saturated heterocycles. The van der Waals surface area contributed by atoms with Crippen molar-refractivity contribution in [3.8, 4) is 0 Å². The summed E-state index contributed by atoms with van der Waals surface area (Å²) < 4.78 is 5.40. The van der Waals surface area contributed by atoms with Crippen molar-refractivity contribution in [1.82, 2.24) is 20.4 Å². The first kappa shape index (κ1) is 14.0. The van der Waals surface area contributed by atoms with E-state index in [1.54, 1.807) is 26.0 Å². The first-order chi connectivity index (χ1) is 9.90. The second kappa shape index (κ2) is 4.81. The average molecular weight is 327 g/mol. The van der Waals surface area contributed by atoms with Crippen LogP contribution in [0.5, 0.6) is 0 Å². The molecule has 7 nitrogen and oxygen atoms in total. The second-order valence-electron chi connectivity index (χ2n) is 4.78. The summed E-state index contributed by atoms with van der Waals surface area (Å²) in [6.07, 6.45) is 0. The number of hydrogen-bond acceptors (Lipinski definition) is 6. The Hall–Kier alpha value is -1.93. The molecular formula is C12H11ClN4O3S. The SMILES string of the molecule is Cc1nc(CN2C(=O)N[C@@](C)(c3ccc(Cl)s3)C2=O)no1. The minimum atomic E-state index is -1.12. The van der Waals surface area contributed by atoms with E-state index in [-0.39, 0.29) is 18.3 Å². The lowest BCUT2D eigenvalue weighted by molar-refractivity contribution is -0.131. The maximum Gasteiger partial charge on any atom is 0.325 e. The molecule has 1 fully saturated rings. The van der Waals surface area contributed by atoms with Crippen molar-refractivity contribution < 1.29 is 14.1 Å². The van der Waals surface area contributed by atoms with Crippen LogP contribution >= 0.6 is 22.9 Å². The van der Waals surface area contributed by atoms with Gasteiger partial charge in [0.05, 0.1) is 10.9 Å². The van der Waals surface area contributed by atoms with Crippen LogP contribution < -0.4 is 5.32 Å². The average Bonchev–Trinajstić information content (AvgIpc) is 3.08. The van der Waals surface area contributed by atoms with E-state index in [1.807, 2.05) is 0 Å². The van der Waals surface area contributed by atoms with Crippen LogP contribution in [0.15, 0.2) is 16.7 Å². The fraction of sp³-hybridized carbons (Fsp3) is 0.333. The molecule has 0 aromatic carbocycles. The highest BCUT2D eigenvalue weighted by molar-refractivity contribution is 7.16. The largest absolute Gasteiger partial charge is 0.340 e. The van der Waals surface area contributed by atoms with E-state index < -0.39 is 11.6 Å². The standard InChI is InChI=1S/C12H11ClN4O3S/c1-6-14-9(16-20-6)5-17-10(18)12(2,15-11(17)19)7-3-4-8(13)21-7/h3-4H,5H2,1-2H3,(H,15,19)/t12-/m0/s1. The fourth-order valence-corrected chi connectivity index (χ4v) is 3.27. The Kier molecular flexibility index (Phi) is 3.22. The van der Waals surface area contributed by atoms with Gasteiger partial charge in [0.15, 0.2) is 11.4 Å². The van der Waals surface area contributed by atoms with Crippen molar-refractivity contribution in [3.63, 3.8) is 0 Å². The number of thiophene rings is 1. The topological polar surface area (TPSA) is 88.3 Å². The van der Waals surface area contributed by atoms with E-state index in [1.165, 1.54) is 11.3 Å². The normalized spacial score (nSPS) is 22.0. The molecule has 3 amide bonds. The van der Waals surface area contributed by atoms with Gasteiger partial charge in [0.1, 0.15) is 0 Å². The van der Waals surface area contributed by atoms with Crippen molar-refractivity contribution in [2.75, 3.05) is 0 Å². The van der Waals surface area contributed by atoms with Crippen LogP contribution in [0.25, 0.3) is 0 Å². The molecule has 0 aliphatic carbocycles. The van der Waals surface area contributed by atoms with E-state index in [4.69, 9.17) is 16.1 Å². The molecule has 0 saturated carbocycles. The van der Waals surface area contributed by atoms with Gasteiger partial charge in [-0.3, -0.25) is 9.69 Å². The Morgan fingerprint density at radius 3 is 2.81 bits per heavy atom.